The fourth-order valence-corrected chi connectivity index (χ4v) is 3.45. The number of carboxylic acid groups (broad SMARTS) is 2. The molecule has 3 unspecified atom stereocenters. The summed E-state index contributed by atoms with van der Waals surface area (Å²) in [6.07, 6.45) is -1.48. The van der Waals surface area contributed by atoms with E-state index in [2.05, 4.69) is 20.8 Å². The maximum Gasteiger partial charge on any atom is 0.344 e. The predicted molar refractivity (Wildman–Crippen MR) is 101 cm³/mol. The normalized spacial score (nSPS) is 23.0. The second kappa shape index (κ2) is 9.07. The third-order valence-electron chi connectivity index (χ3n) is 5.09. The average molecular weight is 389 g/mol. The molecule has 0 saturated carbocycles. The number of carbonyl (C=O) groups is 2. The van der Waals surface area contributed by atoms with Crippen LogP contribution in [0.15, 0.2) is 24.3 Å². The summed E-state index contributed by atoms with van der Waals surface area (Å²) in [5, 5.41) is 27.7. The van der Waals surface area contributed by atoms with Crippen LogP contribution in [-0.4, -0.2) is 41.0 Å². The van der Waals surface area contributed by atoms with Gasteiger partial charge in [-0.25, -0.2) is 4.79 Å². The molecule has 0 radical (unpaired) electrons. The van der Waals surface area contributed by atoms with E-state index < -0.39 is 24.1 Å². The van der Waals surface area contributed by atoms with Crippen molar-refractivity contribution in [2.45, 2.75) is 57.7 Å². The summed E-state index contributed by atoms with van der Waals surface area (Å²) in [5.74, 6) is -2.17. The third kappa shape index (κ3) is 5.70. The van der Waals surface area contributed by atoms with Crippen LogP contribution in [0.25, 0.3) is 0 Å². The van der Waals surface area contributed by atoms with E-state index in [1.807, 2.05) is 18.2 Å². The number of hydrogen-bond acceptors (Lipinski definition) is 5. The molecule has 2 rings (SSSR count). The molecule has 1 aliphatic heterocycles. The van der Waals surface area contributed by atoms with Crippen molar-refractivity contribution in [3.63, 3.8) is 0 Å². The van der Waals surface area contributed by atoms with Gasteiger partial charge in [-0.2, -0.15) is 5.26 Å². The SMILES string of the molecule is CC(C)(C)c1ccc(O[C@@H](CC2COC(C#N)C2CCC(=O)O)C(=O)O)cc1. The first-order valence-corrected chi connectivity index (χ1v) is 9.35. The largest absolute Gasteiger partial charge is 0.481 e. The van der Waals surface area contributed by atoms with E-state index >= 15 is 0 Å². The number of rotatable bonds is 8. The molecular formula is C21H27NO6. The molecule has 1 aromatic carbocycles. The quantitative estimate of drug-likeness (QED) is 0.701. The highest BCUT2D eigenvalue weighted by atomic mass is 16.5. The van der Waals surface area contributed by atoms with Crippen LogP contribution in [0.1, 0.15) is 45.6 Å². The molecule has 0 aliphatic carbocycles. The Labute approximate surface area is 164 Å². The predicted octanol–water partition coefficient (Wildman–Crippen LogP) is 3.23. The van der Waals surface area contributed by atoms with E-state index in [-0.39, 0.29) is 43.1 Å². The van der Waals surface area contributed by atoms with E-state index in [9.17, 15) is 20.0 Å². The highest BCUT2D eigenvalue weighted by Gasteiger charge is 2.40. The molecule has 7 nitrogen and oxygen atoms in total. The van der Waals surface area contributed by atoms with Crippen molar-refractivity contribution in [1.29, 1.82) is 5.26 Å². The molecule has 1 heterocycles. The molecule has 1 fully saturated rings. The first-order chi connectivity index (χ1) is 13.1. The Hall–Kier alpha value is -2.59. The lowest BCUT2D eigenvalue weighted by Gasteiger charge is -2.23. The van der Waals surface area contributed by atoms with Crippen LogP contribution in [0.2, 0.25) is 0 Å². The lowest BCUT2D eigenvalue weighted by Crippen LogP contribution is -2.32. The molecule has 2 N–H and O–H groups in total. The standard InChI is InChI=1S/C21H27NO6/c1-21(2,3)14-4-6-15(7-5-14)28-17(20(25)26)10-13-12-27-18(11-22)16(13)8-9-19(23)24/h4-7,13,16-18H,8-10,12H2,1-3H3,(H,23,24)(H,25,26)/t13?,16?,17-,18?/m0/s1. The highest BCUT2D eigenvalue weighted by molar-refractivity contribution is 5.72. The molecule has 7 heteroatoms. The number of nitrogens with zero attached hydrogens (tertiary/aromatic N) is 1. The summed E-state index contributed by atoms with van der Waals surface area (Å²) in [7, 11) is 0. The fraction of sp³-hybridized carbons (Fsp3) is 0.571. The Morgan fingerprint density at radius 2 is 1.93 bits per heavy atom. The number of carboxylic acids is 2. The van der Waals surface area contributed by atoms with Crippen molar-refractivity contribution < 1.29 is 29.3 Å². The monoisotopic (exact) mass is 389 g/mol. The summed E-state index contributed by atoms with van der Waals surface area (Å²) in [6.45, 7) is 6.49. The average Bonchev–Trinajstić information content (AvgIpc) is 3.00. The number of nitriles is 1. The minimum atomic E-state index is -1.10. The van der Waals surface area contributed by atoms with Gasteiger partial charge in [-0.05, 0) is 35.4 Å². The highest BCUT2D eigenvalue weighted by Crippen LogP contribution is 2.35. The van der Waals surface area contributed by atoms with Crippen LogP contribution in [0.3, 0.4) is 0 Å². The Kier molecular flexibility index (Phi) is 7.03. The van der Waals surface area contributed by atoms with Crippen molar-refractivity contribution in [3.8, 4) is 11.8 Å². The van der Waals surface area contributed by atoms with Gasteiger partial charge in [0.1, 0.15) is 11.9 Å². The van der Waals surface area contributed by atoms with Gasteiger partial charge in [-0.3, -0.25) is 4.79 Å². The zero-order chi connectivity index (χ0) is 20.9. The Morgan fingerprint density at radius 3 is 2.43 bits per heavy atom. The van der Waals surface area contributed by atoms with Crippen molar-refractivity contribution in [2.75, 3.05) is 6.61 Å². The van der Waals surface area contributed by atoms with E-state index in [0.29, 0.717) is 5.75 Å². The van der Waals surface area contributed by atoms with Crippen molar-refractivity contribution in [3.05, 3.63) is 29.8 Å². The lowest BCUT2D eigenvalue weighted by atomic mass is 9.83. The van der Waals surface area contributed by atoms with Gasteiger partial charge in [0, 0.05) is 18.8 Å². The second-order valence-corrected chi connectivity index (χ2v) is 8.19. The summed E-state index contributed by atoms with van der Waals surface area (Å²) in [4.78, 5) is 22.6. The van der Waals surface area contributed by atoms with Gasteiger partial charge >= 0.3 is 11.9 Å². The van der Waals surface area contributed by atoms with Crippen LogP contribution in [0.5, 0.6) is 5.75 Å². The van der Waals surface area contributed by atoms with Crippen molar-refractivity contribution in [2.24, 2.45) is 11.8 Å². The van der Waals surface area contributed by atoms with Crippen LogP contribution in [0, 0.1) is 23.2 Å². The van der Waals surface area contributed by atoms with Gasteiger partial charge in [-0.15, -0.1) is 0 Å². The molecule has 4 atom stereocenters. The van der Waals surface area contributed by atoms with Gasteiger partial charge in [0.15, 0.2) is 6.10 Å². The van der Waals surface area contributed by atoms with Gasteiger partial charge in [0.05, 0.1) is 12.7 Å². The zero-order valence-electron chi connectivity index (χ0n) is 16.4. The van der Waals surface area contributed by atoms with E-state index in [1.54, 1.807) is 12.1 Å². The van der Waals surface area contributed by atoms with Gasteiger partial charge in [0.2, 0.25) is 0 Å². The van der Waals surface area contributed by atoms with Crippen molar-refractivity contribution in [1.82, 2.24) is 0 Å². The molecule has 28 heavy (non-hydrogen) atoms. The maximum atomic E-state index is 11.7. The summed E-state index contributed by atoms with van der Waals surface area (Å²) in [6, 6.07) is 9.36. The molecule has 0 spiro atoms. The molecular weight excluding hydrogens is 362 g/mol. The van der Waals surface area contributed by atoms with E-state index in [0.717, 1.165) is 5.56 Å². The fourth-order valence-electron chi connectivity index (χ4n) is 3.45. The smallest absolute Gasteiger partial charge is 0.344 e. The summed E-state index contributed by atoms with van der Waals surface area (Å²) >= 11 is 0. The molecule has 152 valence electrons. The number of benzene rings is 1. The minimum absolute atomic E-state index is 0.0183. The first-order valence-electron chi connectivity index (χ1n) is 9.35. The molecule has 1 saturated heterocycles. The molecule has 1 aromatic rings. The topological polar surface area (TPSA) is 117 Å². The van der Waals surface area contributed by atoms with Crippen LogP contribution in [-0.2, 0) is 19.7 Å². The maximum absolute atomic E-state index is 11.7. The Balaban J connectivity index is 2.08. The first kappa shape index (κ1) is 21.7. The molecule has 0 amide bonds. The van der Waals surface area contributed by atoms with Gasteiger partial charge in [0.25, 0.3) is 0 Å². The lowest BCUT2D eigenvalue weighted by molar-refractivity contribution is -0.146. The zero-order valence-corrected chi connectivity index (χ0v) is 16.4. The van der Waals surface area contributed by atoms with Gasteiger partial charge in [-0.1, -0.05) is 32.9 Å². The van der Waals surface area contributed by atoms with Crippen LogP contribution in [0.4, 0.5) is 0 Å². The Bertz CT molecular complexity index is 731. The minimum Gasteiger partial charge on any atom is -0.481 e. The Morgan fingerprint density at radius 1 is 1.29 bits per heavy atom. The van der Waals surface area contributed by atoms with Crippen LogP contribution >= 0.6 is 0 Å². The van der Waals surface area contributed by atoms with E-state index in [1.165, 1.54) is 0 Å². The van der Waals surface area contributed by atoms with Crippen molar-refractivity contribution >= 4 is 11.9 Å². The molecule has 1 aliphatic rings. The van der Waals surface area contributed by atoms with Gasteiger partial charge < -0.3 is 19.7 Å². The number of hydrogen-bond donors (Lipinski definition) is 2. The number of aliphatic carboxylic acids is 2. The van der Waals surface area contributed by atoms with Crippen LogP contribution < -0.4 is 4.74 Å². The summed E-state index contributed by atoms with van der Waals surface area (Å²) in [5.41, 5.74) is 1.09. The van der Waals surface area contributed by atoms with E-state index in [4.69, 9.17) is 14.6 Å². The third-order valence-corrected chi connectivity index (χ3v) is 5.09. The molecule has 0 aromatic heterocycles. The second-order valence-electron chi connectivity index (χ2n) is 8.19. The number of ether oxygens (including phenoxy) is 2. The molecule has 0 bridgehead atoms. The summed E-state index contributed by atoms with van der Waals surface area (Å²) < 4.78 is 11.1.